The van der Waals surface area contributed by atoms with Crippen molar-refractivity contribution in [1.82, 2.24) is 29.4 Å². The zero-order valence-corrected chi connectivity index (χ0v) is 14.5. The van der Waals surface area contributed by atoms with Gasteiger partial charge in [0, 0.05) is 13.6 Å². The highest BCUT2D eigenvalue weighted by atomic mass is 16.2. The molecule has 1 atom stereocenters. The topological polar surface area (TPSA) is 68.8 Å². The number of benzene rings is 1. The lowest BCUT2D eigenvalue weighted by atomic mass is 10.1. The summed E-state index contributed by atoms with van der Waals surface area (Å²) in [5, 5.41) is 13.1. The molecule has 0 bridgehead atoms. The van der Waals surface area contributed by atoms with E-state index in [-0.39, 0.29) is 11.9 Å². The van der Waals surface area contributed by atoms with Crippen molar-refractivity contribution >= 4 is 5.91 Å². The van der Waals surface area contributed by atoms with Gasteiger partial charge in [-0.15, -0.1) is 10.2 Å². The summed E-state index contributed by atoms with van der Waals surface area (Å²) in [5.41, 5.74) is 2.89. The van der Waals surface area contributed by atoms with Crippen molar-refractivity contribution in [2.24, 2.45) is 7.05 Å². The number of nitrogens with zero attached hydrogens (tertiary/aromatic N) is 6. The molecule has 4 rings (SSSR count). The van der Waals surface area contributed by atoms with Crippen LogP contribution in [0, 0.1) is 6.92 Å². The van der Waals surface area contributed by atoms with Crippen LogP contribution in [-0.4, -0.2) is 35.4 Å². The fourth-order valence-electron chi connectivity index (χ4n) is 3.39. The smallest absolute Gasteiger partial charge is 0.246 e. The number of hydrogen-bond donors (Lipinski definition) is 0. The van der Waals surface area contributed by atoms with E-state index in [9.17, 15) is 4.79 Å². The lowest BCUT2D eigenvalue weighted by Crippen LogP contribution is -2.41. The monoisotopic (exact) mass is 336 g/mol. The molecule has 1 amide bonds. The van der Waals surface area contributed by atoms with Crippen LogP contribution in [0.1, 0.15) is 30.0 Å². The number of aryl methyl sites for hydroxylation is 2. The van der Waals surface area contributed by atoms with Crippen molar-refractivity contribution in [3.05, 3.63) is 53.5 Å². The lowest BCUT2D eigenvalue weighted by molar-refractivity contribution is -0.137. The lowest BCUT2D eigenvalue weighted by Gasteiger charge is -2.32. The maximum atomic E-state index is 12.9. The molecule has 0 N–H and O–H groups in total. The van der Waals surface area contributed by atoms with Crippen LogP contribution in [0.4, 0.5) is 0 Å². The summed E-state index contributed by atoms with van der Waals surface area (Å²) < 4.78 is 3.71. The predicted molar refractivity (Wildman–Crippen MR) is 92.4 cm³/mol. The molecule has 0 radical (unpaired) electrons. The van der Waals surface area contributed by atoms with Gasteiger partial charge in [-0.05, 0) is 25.5 Å². The molecule has 2 aromatic heterocycles. The number of aromatic nitrogens is 5. The third-order valence-corrected chi connectivity index (χ3v) is 4.60. The van der Waals surface area contributed by atoms with Crippen LogP contribution in [0.15, 0.2) is 36.4 Å². The zero-order valence-electron chi connectivity index (χ0n) is 14.5. The Hall–Kier alpha value is -2.96. The number of carbonyl (C=O) groups excluding carboxylic acids is 1. The van der Waals surface area contributed by atoms with Gasteiger partial charge in [-0.3, -0.25) is 14.0 Å². The molecular formula is C18H20N6O. The van der Waals surface area contributed by atoms with Gasteiger partial charge in [0.2, 0.25) is 5.91 Å². The molecular weight excluding hydrogens is 316 g/mol. The molecule has 7 nitrogen and oxygen atoms in total. The van der Waals surface area contributed by atoms with Crippen LogP contribution in [0.3, 0.4) is 0 Å². The summed E-state index contributed by atoms with van der Waals surface area (Å²) in [5.74, 6) is 1.58. The first-order valence-electron chi connectivity index (χ1n) is 8.32. The number of amides is 1. The molecule has 0 spiro atoms. The minimum Gasteiger partial charge on any atom is -0.329 e. The van der Waals surface area contributed by atoms with E-state index in [0.717, 1.165) is 22.8 Å². The van der Waals surface area contributed by atoms with Crippen LogP contribution >= 0.6 is 0 Å². The van der Waals surface area contributed by atoms with E-state index in [1.807, 2.05) is 66.8 Å². The van der Waals surface area contributed by atoms with Crippen LogP contribution < -0.4 is 0 Å². The first kappa shape index (κ1) is 15.6. The highest BCUT2D eigenvalue weighted by molar-refractivity contribution is 5.82. The van der Waals surface area contributed by atoms with Crippen LogP contribution in [-0.2, 0) is 24.9 Å². The van der Waals surface area contributed by atoms with Gasteiger partial charge >= 0.3 is 0 Å². The number of carbonyl (C=O) groups is 1. The summed E-state index contributed by atoms with van der Waals surface area (Å²) >= 11 is 0. The fourth-order valence-corrected chi connectivity index (χ4v) is 3.39. The van der Waals surface area contributed by atoms with Crippen molar-refractivity contribution in [1.29, 1.82) is 0 Å². The zero-order chi connectivity index (χ0) is 17.6. The summed E-state index contributed by atoms with van der Waals surface area (Å²) in [6.45, 7) is 4.88. The summed E-state index contributed by atoms with van der Waals surface area (Å²) in [6, 6.07) is 11.6. The Balaban J connectivity index is 1.69. The third-order valence-electron chi connectivity index (χ3n) is 4.60. The summed E-state index contributed by atoms with van der Waals surface area (Å²) in [6.07, 6.45) is 0. The van der Waals surface area contributed by atoms with Crippen LogP contribution in [0.2, 0.25) is 0 Å². The van der Waals surface area contributed by atoms with Crippen LogP contribution in [0.25, 0.3) is 11.5 Å². The Morgan fingerprint density at radius 3 is 2.64 bits per heavy atom. The Kier molecular flexibility index (Phi) is 3.63. The minimum absolute atomic E-state index is 0.0799. The fraction of sp³-hybridized carbons (Fsp3) is 0.333. The molecule has 1 aromatic carbocycles. The van der Waals surface area contributed by atoms with Gasteiger partial charge < -0.3 is 4.90 Å². The van der Waals surface area contributed by atoms with Gasteiger partial charge in [0.05, 0.1) is 12.2 Å². The van der Waals surface area contributed by atoms with Crippen molar-refractivity contribution in [3.8, 4) is 11.5 Å². The Labute approximate surface area is 145 Å². The second kappa shape index (κ2) is 5.84. The molecule has 1 aliphatic heterocycles. The second-order valence-corrected chi connectivity index (χ2v) is 6.46. The first-order valence-corrected chi connectivity index (χ1v) is 8.32. The standard InChI is InChI=1S/C18H20N6O/c1-12-9-15(22(3)21-12)17-20-19-16-11-23(18(25)13(2)24(16)17)10-14-7-5-4-6-8-14/h4-9,13H,10-11H2,1-3H3/t13-/m1/s1. The first-order chi connectivity index (χ1) is 12.0. The van der Waals surface area contributed by atoms with Gasteiger partial charge in [0.15, 0.2) is 11.6 Å². The molecule has 128 valence electrons. The average molecular weight is 336 g/mol. The van der Waals surface area contributed by atoms with Crippen LogP contribution in [0.5, 0.6) is 0 Å². The average Bonchev–Trinajstić information content (AvgIpc) is 3.16. The predicted octanol–water partition coefficient (Wildman–Crippen LogP) is 2.09. The Bertz CT molecular complexity index is 926. The van der Waals surface area contributed by atoms with Gasteiger partial charge in [-0.2, -0.15) is 5.10 Å². The molecule has 0 unspecified atom stereocenters. The van der Waals surface area contributed by atoms with E-state index in [0.29, 0.717) is 18.9 Å². The molecule has 1 aliphatic rings. The molecule has 7 heteroatoms. The van der Waals surface area contributed by atoms with E-state index in [1.54, 1.807) is 4.68 Å². The summed E-state index contributed by atoms with van der Waals surface area (Å²) in [4.78, 5) is 14.7. The van der Waals surface area contributed by atoms with E-state index in [1.165, 1.54) is 0 Å². The van der Waals surface area contributed by atoms with Crippen molar-refractivity contribution in [2.45, 2.75) is 33.0 Å². The highest BCUT2D eigenvalue weighted by Gasteiger charge is 2.34. The third kappa shape index (κ3) is 2.61. The van der Waals surface area contributed by atoms with Crippen molar-refractivity contribution in [3.63, 3.8) is 0 Å². The maximum absolute atomic E-state index is 12.9. The highest BCUT2D eigenvalue weighted by Crippen LogP contribution is 2.29. The van der Waals surface area contributed by atoms with Gasteiger partial charge in [-0.25, -0.2) is 0 Å². The molecule has 3 heterocycles. The summed E-state index contributed by atoms with van der Waals surface area (Å²) in [7, 11) is 1.88. The molecule has 0 saturated heterocycles. The minimum atomic E-state index is -0.340. The Morgan fingerprint density at radius 1 is 1.20 bits per heavy atom. The number of rotatable bonds is 3. The number of hydrogen-bond acceptors (Lipinski definition) is 4. The van der Waals surface area contributed by atoms with E-state index in [4.69, 9.17) is 0 Å². The van der Waals surface area contributed by atoms with Crippen molar-refractivity contribution in [2.75, 3.05) is 0 Å². The SMILES string of the molecule is Cc1cc(-c2nnc3n2[C@H](C)C(=O)N(Cc2ccccc2)C3)n(C)n1. The van der Waals surface area contributed by atoms with Gasteiger partial charge in [0.1, 0.15) is 11.7 Å². The van der Waals surface area contributed by atoms with E-state index >= 15 is 0 Å². The molecule has 25 heavy (non-hydrogen) atoms. The number of fused-ring (bicyclic) bond motifs is 1. The van der Waals surface area contributed by atoms with Gasteiger partial charge in [-0.1, -0.05) is 30.3 Å². The van der Waals surface area contributed by atoms with E-state index < -0.39 is 0 Å². The molecule has 0 fully saturated rings. The largest absolute Gasteiger partial charge is 0.329 e. The van der Waals surface area contributed by atoms with Crippen molar-refractivity contribution < 1.29 is 4.79 Å². The normalized spacial score (nSPS) is 17.0. The molecule has 3 aromatic rings. The second-order valence-electron chi connectivity index (χ2n) is 6.46. The molecule has 0 saturated carbocycles. The maximum Gasteiger partial charge on any atom is 0.246 e. The van der Waals surface area contributed by atoms with Gasteiger partial charge in [0.25, 0.3) is 0 Å². The van der Waals surface area contributed by atoms with E-state index in [2.05, 4.69) is 15.3 Å². The quantitative estimate of drug-likeness (QED) is 0.734. The molecule has 0 aliphatic carbocycles. The Morgan fingerprint density at radius 2 is 1.96 bits per heavy atom.